The van der Waals surface area contributed by atoms with Gasteiger partial charge in [0.05, 0.1) is 31.2 Å². The lowest BCUT2D eigenvalue weighted by atomic mass is 10.1. The zero-order valence-corrected chi connectivity index (χ0v) is 22.6. The molecule has 3 aromatic rings. The summed E-state index contributed by atoms with van der Waals surface area (Å²) in [6.45, 7) is 2.25. The van der Waals surface area contributed by atoms with Crippen LogP contribution < -0.4 is 15.2 Å². The molecule has 0 aliphatic carbocycles. The summed E-state index contributed by atoms with van der Waals surface area (Å²) in [5.74, 6) is 5.30. The number of aromatic nitrogens is 3. The molecule has 2 aromatic heterocycles. The van der Waals surface area contributed by atoms with E-state index in [1.807, 2.05) is 27.8 Å². The van der Waals surface area contributed by atoms with Crippen molar-refractivity contribution >= 4 is 22.8 Å². The number of rotatable bonds is 6. The maximum atomic E-state index is 13.4. The minimum atomic E-state index is -2.58. The molecular formula is C29H32F2N6O3. The number of nitrogens with zero attached hydrogens (tertiary/aromatic N) is 5. The maximum absolute atomic E-state index is 13.4. The van der Waals surface area contributed by atoms with Gasteiger partial charge in [0.25, 0.3) is 5.92 Å². The predicted octanol–water partition coefficient (Wildman–Crippen LogP) is 3.49. The molecule has 0 unspecified atom stereocenters. The van der Waals surface area contributed by atoms with Gasteiger partial charge in [-0.05, 0) is 18.6 Å². The quantitative estimate of drug-likeness (QED) is 0.371. The van der Waals surface area contributed by atoms with E-state index in [2.05, 4.69) is 21.8 Å². The Morgan fingerprint density at radius 2 is 1.85 bits per heavy atom. The molecule has 5 rings (SSSR count). The number of ether oxygens (including phenoxy) is 2. The van der Waals surface area contributed by atoms with E-state index in [0.717, 1.165) is 12.0 Å². The van der Waals surface area contributed by atoms with Gasteiger partial charge in [0.1, 0.15) is 29.3 Å². The highest BCUT2D eigenvalue weighted by molar-refractivity contribution is 5.92. The molecule has 0 spiro atoms. The van der Waals surface area contributed by atoms with Crippen molar-refractivity contribution in [3.05, 3.63) is 54.0 Å². The third-order valence-corrected chi connectivity index (χ3v) is 7.41. The number of nitrogen functional groups attached to an aromatic ring is 1. The number of likely N-dealkylation sites (tertiary alicyclic amines) is 2. The molecule has 4 heterocycles. The second-order valence-electron chi connectivity index (χ2n) is 10.0. The van der Waals surface area contributed by atoms with Crippen LogP contribution in [0.4, 0.5) is 14.6 Å². The molecule has 2 aliphatic heterocycles. The number of hydrogen-bond donors (Lipinski definition) is 1. The van der Waals surface area contributed by atoms with Gasteiger partial charge in [0, 0.05) is 69.5 Å². The molecule has 1 aromatic carbocycles. The average molecular weight is 551 g/mol. The Morgan fingerprint density at radius 3 is 2.55 bits per heavy atom. The second kappa shape index (κ2) is 11.5. The number of carbonyl (C=O) groups excluding carboxylic acids is 1. The van der Waals surface area contributed by atoms with Gasteiger partial charge in [-0.15, -0.1) is 0 Å². The fraction of sp³-hybridized carbons (Fsp3) is 0.414. The standard InChI is InChI=1S/C29H32F2N6O3/c1-39-23-14-20(15-24(16-23)40-2)5-6-21-17-37(28-26(21)27(32)33-19-34-28)22-7-11-36(18-22)25(38)4-3-10-35-12-8-29(30,31)9-13-35/h3-4,14-17,19,22H,7-13,18H2,1-2H3,(H2,32,33,34)/b4-3+/t22-/m0/s1. The Kier molecular flexibility index (Phi) is 7.89. The van der Waals surface area contributed by atoms with Crippen LogP contribution in [0.25, 0.3) is 11.0 Å². The number of carbonyl (C=O) groups is 1. The molecule has 9 nitrogen and oxygen atoms in total. The zero-order valence-electron chi connectivity index (χ0n) is 22.6. The Balaban J connectivity index is 1.31. The van der Waals surface area contributed by atoms with E-state index >= 15 is 0 Å². The van der Waals surface area contributed by atoms with Crippen molar-refractivity contribution in [2.45, 2.75) is 31.2 Å². The number of halogens is 2. The first-order chi connectivity index (χ1) is 19.3. The van der Waals surface area contributed by atoms with Crippen LogP contribution in [0.15, 0.2) is 42.9 Å². The van der Waals surface area contributed by atoms with E-state index in [1.54, 1.807) is 37.3 Å². The highest BCUT2D eigenvalue weighted by Gasteiger charge is 2.33. The first kappa shape index (κ1) is 27.4. The lowest BCUT2D eigenvalue weighted by Crippen LogP contribution is -2.39. The molecule has 0 saturated carbocycles. The molecule has 40 heavy (non-hydrogen) atoms. The van der Waals surface area contributed by atoms with Crippen molar-refractivity contribution in [3.8, 4) is 23.3 Å². The lowest BCUT2D eigenvalue weighted by Gasteiger charge is -2.30. The van der Waals surface area contributed by atoms with Crippen molar-refractivity contribution < 1.29 is 23.0 Å². The van der Waals surface area contributed by atoms with E-state index in [9.17, 15) is 13.6 Å². The minimum Gasteiger partial charge on any atom is -0.497 e. The Bertz CT molecular complexity index is 1460. The topological polar surface area (TPSA) is 98.7 Å². The highest BCUT2D eigenvalue weighted by Crippen LogP contribution is 2.31. The highest BCUT2D eigenvalue weighted by atomic mass is 19.3. The van der Waals surface area contributed by atoms with Crippen molar-refractivity contribution in [1.82, 2.24) is 24.3 Å². The Labute approximate surface area is 231 Å². The number of methoxy groups -OCH3 is 2. The van der Waals surface area contributed by atoms with Crippen LogP contribution in [0.1, 0.15) is 36.4 Å². The molecular weight excluding hydrogens is 518 g/mol. The summed E-state index contributed by atoms with van der Waals surface area (Å²) in [4.78, 5) is 25.2. The van der Waals surface area contributed by atoms with Crippen molar-refractivity contribution in [2.24, 2.45) is 0 Å². The smallest absolute Gasteiger partial charge is 0.250 e. The van der Waals surface area contributed by atoms with Crippen LogP contribution >= 0.6 is 0 Å². The number of fused-ring (bicyclic) bond motifs is 1. The van der Waals surface area contributed by atoms with Gasteiger partial charge >= 0.3 is 0 Å². The van der Waals surface area contributed by atoms with Gasteiger partial charge in [-0.1, -0.05) is 17.9 Å². The molecule has 2 aliphatic rings. The van der Waals surface area contributed by atoms with Crippen LogP contribution in [0.5, 0.6) is 11.5 Å². The van der Waals surface area contributed by atoms with Crippen LogP contribution in [0, 0.1) is 11.8 Å². The first-order valence-electron chi connectivity index (χ1n) is 13.2. The predicted molar refractivity (Wildman–Crippen MR) is 147 cm³/mol. The van der Waals surface area contributed by atoms with Crippen molar-refractivity contribution in [2.75, 3.05) is 52.7 Å². The van der Waals surface area contributed by atoms with Gasteiger partial charge < -0.3 is 24.7 Å². The van der Waals surface area contributed by atoms with Gasteiger partial charge in [-0.2, -0.15) is 0 Å². The fourth-order valence-electron chi connectivity index (χ4n) is 5.14. The molecule has 1 atom stereocenters. The van der Waals surface area contributed by atoms with Crippen molar-refractivity contribution in [3.63, 3.8) is 0 Å². The number of nitrogens with two attached hydrogens (primary N) is 1. The summed E-state index contributed by atoms with van der Waals surface area (Å²) >= 11 is 0. The molecule has 11 heteroatoms. The zero-order chi connectivity index (χ0) is 28.3. The van der Waals surface area contributed by atoms with Gasteiger partial charge in [0.2, 0.25) is 5.91 Å². The summed E-state index contributed by atoms with van der Waals surface area (Å²) in [5.41, 5.74) is 8.31. The van der Waals surface area contributed by atoms with Crippen LogP contribution in [-0.2, 0) is 4.79 Å². The molecule has 2 fully saturated rings. The number of amides is 1. The molecule has 210 valence electrons. The van der Waals surface area contributed by atoms with Gasteiger partial charge in [-0.25, -0.2) is 18.7 Å². The molecule has 1 amide bonds. The summed E-state index contributed by atoms with van der Waals surface area (Å²) in [6, 6.07) is 5.41. The third kappa shape index (κ3) is 6.02. The number of anilines is 1. The van der Waals surface area contributed by atoms with Crippen molar-refractivity contribution in [1.29, 1.82) is 0 Å². The largest absolute Gasteiger partial charge is 0.497 e. The Hall–Kier alpha value is -4.17. The van der Waals surface area contributed by atoms with E-state index in [-0.39, 0.29) is 24.8 Å². The lowest BCUT2D eigenvalue weighted by molar-refractivity contribution is -0.125. The van der Waals surface area contributed by atoms with Crippen LogP contribution in [-0.4, -0.2) is 83.1 Å². The second-order valence-corrected chi connectivity index (χ2v) is 10.0. The third-order valence-electron chi connectivity index (χ3n) is 7.41. The Morgan fingerprint density at radius 1 is 1.12 bits per heavy atom. The monoisotopic (exact) mass is 550 g/mol. The fourth-order valence-corrected chi connectivity index (χ4v) is 5.14. The summed E-state index contributed by atoms with van der Waals surface area (Å²) < 4.78 is 39.4. The SMILES string of the molecule is COc1cc(C#Cc2cn([C@H]3CCN(C(=O)/C=C/CN4CCC(F)(F)CC4)C3)c3ncnc(N)c23)cc(OC)c1. The van der Waals surface area contributed by atoms with E-state index < -0.39 is 5.92 Å². The van der Waals surface area contributed by atoms with Crippen LogP contribution in [0.3, 0.4) is 0 Å². The number of hydrogen-bond acceptors (Lipinski definition) is 7. The van der Waals surface area contributed by atoms with Gasteiger partial charge in [-0.3, -0.25) is 9.69 Å². The molecule has 0 radical (unpaired) electrons. The average Bonchev–Trinajstić information content (AvgIpc) is 3.58. The maximum Gasteiger partial charge on any atom is 0.250 e. The molecule has 2 saturated heterocycles. The molecule has 0 bridgehead atoms. The van der Waals surface area contributed by atoms with E-state index in [4.69, 9.17) is 15.2 Å². The first-order valence-corrected chi connectivity index (χ1v) is 13.2. The number of piperidine rings is 1. The number of alkyl halides is 2. The summed E-state index contributed by atoms with van der Waals surface area (Å²) in [6.07, 6.45) is 7.12. The van der Waals surface area contributed by atoms with E-state index in [0.29, 0.717) is 66.6 Å². The number of benzene rings is 1. The summed E-state index contributed by atoms with van der Waals surface area (Å²) in [7, 11) is 3.17. The minimum absolute atomic E-state index is 0.00839. The van der Waals surface area contributed by atoms with E-state index in [1.165, 1.54) is 6.33 Å². The van der Waals surface area contributed by atoms with Crippen LogP contribution in [0.2, 0.25) is 0 Å². The van der Waals surface area contributed by atoms with Gasteiger partial charge in [0.15, 0.2) is 0 Å². The molecule has 2 N–H and O–H groups in total. The summed E-state index contributed by atoms with van der Waals surface area (Å²) in [5, 5.41) is 0.668. The normalized spacial score (nSPS) is 19.1.